The van der Waals surface area contributed by atoms with E-state index < -0.39 is 11.1 Å². The lowest BCUT2D eigenvalue weighted by Crippen LogP contribution is -2.40. The van der Waals surface area contributed by atoms with E-state index in [1.54, 1.807) is 6.08 Å². The van der Waals surface area contributed by atoms with Crippen molar-refractivity contribution in [2.45, 2.75) is 13.0 Å². The minimum absolute atomic E-state index is 0.254. The number of thiophene rings is 1. The van der Waals surface area contributed by atoms with Crippen molar-refractivity contribution in [2.24, 2.45) is 0 Å². The summed E-state index contributed by atoms with van der Waals surface area (Å²) in [7, 11) is 0. The highest BCUT2D eigenvalue weighted by Gasteiger charge is 2.36. The first-order valence-corrected chi connectivity index (χ1v) is 10.8. The molecule has 0 aliphatic carbocycles. The maximum absolute atomic E-state index is 12.5. The summed E-state index contributed by atoms with van der Waals surface area (Å²) in [6.45, 7) is 1.60. The average Bonchev–Trinajstić information content (AvgIpc) is 3.31. The van der Waals surface area contributed by atoms with Gasteiger partial charge in [-0.3, -0.25) is 19.3 Å². The van der Waals surface area contributed by atoms with E-state index in [4.69, 9.17) is 0 Å². The van der Waals surface area contributed by atoms with Gasteiger partial charge in [0.25, 0.3) is 11.1 Å². The Hall–Kier alpha value is -2.90. The van der Waals surface area contributed by atoms with Crippen molar-refractivity contribution in [2.75, 3.05) is 6.54 Å². The number of hydrogen-bond donors (Lipinski definition) is 1. The smallest absolute Gasteiger partial charge is 0.294 e. The fourth-order valence-corrected chi connectivity index (χ4v) is 4.84. The summed E-state index contributed by atoms with van der Waals surface area (Å²) in [4.78, 5) is 39.6. The molecule has 2 aromatic carbocycles. The molecule has 1 aliphatic rings. The molecule has 2 heterocycles. The number of hydrogen-bond acceptors (Lipinski definition) is 5. The lowest BCUT2D eigenvalue weighted by molar-refractivity contribution is -0.129. The molecule has 5 nitrogen and oxygen atoms in total. The minimum atomic E-state index is -0.429. The Kier molecular flexibility index (Phi) is 5.51. The zero-order valence-electron chi connectivity index (χ0n) is 15.6. The van der Waals surface area contributed by atoms with E-state index in [0.717, 1.165) is 37.9 Å². The largest absolute Gasteiger partial charge is 0.348 e. The van der Waals surface area contributed by atoms with Gasteiger partial charge in [-0.2, -0.15) is 0 Å². The number of imide groups is 1. The molecule has 4 rings (SSSR count). The number of carbonyl (C=O) groups is 3. The Bertz CT molecular complexity index is 1120. The predicted molar refractivity (Wildman–Crippen MR) is 118 cm³/mol. The molecule has 1 fully saturated rings. The number of amides is 3. The van der Waals surface area contributed by atoms with Crippen LogP contribution >= 0.6 is 23.1 Å². The van der Waals surface area contributed by atoms with Gasteiger partial charge in [-0.15, -0.1) is 11.3 Å². The van der Waals surface area contributed by atoms with Crippen LogP contribution in [-0.2, 0) is 9.59 Å². The Balaban J connectivity index is 1.45. The molecule has 146 valence electrons. The van der Waals surface area contributed by atoms with Gasteiger partial charge >= 0.3 is 0 Å². The third-order valence-electron chi connectivity index (χ3n) is 4.66. The van der Waals surface area contributed by atoms with Gasteiger partial charge in [-0.05, 0) is 52.5 Å². The van der Waals surface area contributed by atoms with E-state index in [-0.39, 0.29) is 18.5 Å². The lowest BCUT2D eigenvalue weighted by atomic mass is 10.00. The second-order valence-corrected chi connectivity index (χ2v) is 8.61. The molecule has 3 aromatic rings. The maximum atomic E-state index is 12.5. The van der Waals surface area contributed by atoms with Crippen molar-refractivity contribution in [3.8, 4) is 0 Å². The Morgan fingerprint density at radius 3 is 2.69 bits per heavy atom. The van der Waals surface area contributed by atoms with Gasteiger partial charge in [0.1, 0.15) is 6.54 Å². The highest BCUT2D eigenvalue weighted by molar-refractivity contribution is 8.18. The van der Waals surface area contributed by atoms with Crippen LogP contribution in [-0.4, -0.2) is 28.5 Å². The van der Waals surface area contributed by atoms with Crippen molar-refractivity contribution in [3.05, 3.63) is 75.3 Å². The Morgan fingerprint density at radius 2 is 1.90 bits per heavy atom. The molecule has 29 heavy (non-hydrogen) atoms. The van der Waals surface area contributed by atoms with Crippen LogP contribution in [0.5, 0.6) is 0 Å². The van der Waals surface area contributed by atoms with Crippen molar-refractivity contribution >= 4 is 57.0 Å². The average molecular weight is 423 g/mol. The SMILES string of the molecule is CC(NC(=O)CN1C(=O)S/C(=C\c2cccs2)C1=O)c1cccc2ccccc12. The van der Waals surface area contributed by atoms with Crippen LogP contribution in [0.3, 0.4) is 0 Å². The van der Waals surface area contributed by atoms with Crippen molar-refractivity contribution in [3.63, 3.8) is 0 Å². The summed E-state index contributed by atoms with van der Waals surface area (Å²) in [6, 6.07) is 17.4. The first kappa shape index (κ1) is 19.4. The normalized spacial score (nSPS) is 16.6. The molecule has 1 unspecified atom stereocenters. The van der Waals surface area contributed by atoms with Crippen molar-refractivity contribution in [1.82, 2.24) is 10.2 Å². The van der Waals surface area contributed by atoms with Crippen LogP contribution < -0.4 is 5.32 Å². The third kappa shape index (κ3) is 4.11. The van der Waals surface area contributed by atoms with Gasteiger partial charge in [0.15, 0.2) is 0 Å². The summed E-state index contributed by atoms with van der Waals surface area (Å²) >= 11 is 2.35. The molecule has 7 heteroatoms. The summed E-state index contributed by atoms with van der Waals surface area (Å²) in [5.74, 6) is -0.800. The van der Waals surface area contributed by atoms with Gasteiger partial charge in [-0.1, -0.05) is 48.5 Å². The molecule has 1 saturated heterocycles. The zero-order valence-corrected chi connectivity index (χ0v) is 17.3. The standard InChI is InChI=1S/C22H18N2O3S2/c1-14(17-10-4-7-15-6-2-3-9-18(15)17)23-20(25)13-24-21(26)19(29-22(24)27)12-16-8-5-11-28-16/h2-12,14H,13H2,1H3,(H,23,25)/b19-12-. The van der Waals surface area contributed by atoms with E-state index in [1.165, 1.54) is 11.3 Å². The molecule has 1 N–H and O–H groups in total. The van der Waals surface area contributed by atoms with Gasteiger partial charge in [-0.25, -0.2) is 0 Å². The first-order chi connectivity index (χ1) is 14.0. The van der Waals surface area contributed by atoms with Gasteiger partial charge < -0.3 is 5.32 Å². The number of carbonyl (C=O) groups excluding carboxylic acids is 3. The third-order valence-corrected chi connectivity index (χ3v) is 6.39. The zero-order chi connectivity index (χ0) is 20.4. The number of thioether (sulfide) groups is 1. The van der Waals surface area contributed by atoms with E-state index in [9.17, 15) is 14.4 Å². The highest BCUT2D eigenvalue weighted by atomic mass is 32.2. The molecule has 3 amide bonds. The second-order valence-electron chi connectivity index (χ2n) is 6.64. The Labute approximate surface area is 176 Å². The molecule has 0 saturated carbocycles. The number of benzene rings is 2. The van der Waals surface area contributed by atoms with Crippen molar-refractivity contribution in [1.29, 1.82) is 0 Å². The first-order valence-electron chi connectivity index (χ1n) is 9.09. The quantitative estimate of drug-likeness (QED) is 0.599. The molecule has 0 bridgehead atoms. The molecule has 1 aliphatic heterocycles. The number of nitrogens with zero attached hydrogens (tertiary/aromatic N) is 1. The van der Waals surface area contributed by atoms with Crippen LogP contribution in [0, 0.1) is 0 Å². The monoisotopic (exact) mass is 422 g/mol. The highest BCUT2D eigenvalue weighted by Crippen LogP contribution is 2.33. The van der Waals surface area contributed by atoms with Crippen LogP contribution in [0.4, 0.5) is 4.79 Å². The molecule has 0 radical (unpaired) electrons. The molecule has 0 spiro atoms. The van der Waals surface area contributed by atoms with Crippen LogP contribution in [0.2, 0.25) is 0 Å². The van der Waals surface area contributed by atoms with Crippen LogP contribution in [0.1, 0.15) is 23.4 Å². The summed E-state index contributed by atoms with van der Waals surface area (Å²) < 4.78 is 0. The van der Waals surface area contributed by atoms with E-state index >= 15 is 0 Å². The summed E-state index contributed by atoms with van der Waals surface area (Å²) in [5, 5.41) is 6.54. The van der Waals surface area contributed by atoms with Gasteiger partial charge in [0.05, 0.1) is 10.9 Å². The summed E-state index contributed by atoms with van der Waals surface area (Å²) in [5.41, 5.74) is 0.989. The topological polar surface area (TPSA) is 66.5 Å². The van der Waals surface area contributed by atoms with E-state index in [0.29, 0.717) is 4.91 Å². The van der Waals surface area contributed by atoms with Gasteiger partial charge in [0.2, 0.25) is 5.91 Å². The lowest BCUT2D eigenvalue weighted by Gasteiger charge is -2.18. The van der Waals surface area contributed by atoms with Crippen LogP contribution in [0.25, 0.3) is 16.8 Å². The van der Waals surface area contributed by atoms with Gasteiger partial charge in [0, 0.05) is 4.88 Å². The second kappa shape index (κ2) is 8.23. The summed E-state index contributed by atoms with van der Waals surface area (Å²) in [6.07, 6.45) is 1.69. The fourth-order valence-electron chi connectivity index (χ4n) is 3.28. The molecule has 1 aromatic heterocycles. The van der Waals surface area contributed by atoms with Crippen LogP contribution in [0.15, 0.2) is 64.9 Å². The van der Waals surface area contributed by atoms with E-state index in [1.807, 2.05) is 66.9 Å². The molecular weight excluding hydrogens is 404 g/mol. The number of nitrogens with one attached hydrogen (secondary N) is 1. The fraction of sp³-hybridized carbons (Fsp3) is 0.136. The predicted octanol–water partition coefficient (Wildman–Crippen LogP) is 4.82. The minimum Gasteiger partial charge on any atom is -0.348 e. The Morgan fingerprint density at radius 1 is 1.10 bits per heavy atom. The number of rotatable bonds is 5. The molecular formula is C22H18N2O3S2. The van der Waals surface area contributed by atoms with E-state index in [2.05, 4.69) is 5.32 Å². The maximum Gasteiger partial charge on any atom is 0.294 e. The molecule has 1 atom stereocenters. The van der Waals surface area contributed by atoms with Crippen molar-refractivity contribution < 1.29 is 14.4 Å². The number of fused-ring (bicyclic) bond motifs is 1.